The first kappa shape index (κ1) is 15.7. The maximum absolute atomic E-state index is 12.2. The Kier molecular flexibility index (Phi) is 3.90. The highest BCUT2D eigenvalue weighted by atomic mass is 16.6. The number of nitrogens with one attached hydrogen (secondary N) is 1. The molecule has 2 rings (SSSR count). The fourth-order valence-electron chi connectivity index (χ4n) is 2.99. The predicted octanol–water partition coefficient (Wildman–Crippen LogP) is 1.99. The van der Waals surface area contributed by atoms with E-state index >= 15 is 0 Å². The van der Waals surface area contributed by atoms with Crippen LogP contribution in [0.3, 0.4) is 0 Å². The number of carbonyl (C=O) groups excluding carboxylic acids is 1. The zero-order chi connectivity index (χ0) is 15.8. The number of H-pyrrole nitrogens is 1. The second-order valence-corrected chi connectivity index (χ2v) is 6.72. The Labute approximate surface area is 123 Å². The van der Waals surface area contributed by atoms with Gasteiger partial charge in [-0.3, -0.25) is 19.8 Å². The monoisotopic (exact) mass is 295 g/mol. The van der Waals surface area contributed by atoms with Crippen molar-refractivity contribution in [1.82, 2.24) is 9.88 Å². The zero-order valence-electron chi connectivity index (χ0n) is 12.8. The molecule has 21 heavy (non-hydrogen) atoms. The Morgan fingerprint density at radius 3 is 2.43 bits per heavy atom. The van der Waals surface area contributed by atoms with Crippen LogP contribution in [-0.4, -0.2) is 51.4 Å². The Hall–Kier alpha value is -1.73. The van der Waals surface area contributed by atoms with E-state index in [1.165, 1.54) is 12.3 Å². The number of hydrogen-bond donors (Lipinski definition) is 1. The normalized spacial score (nSPS) is 21.1. The summed E-state index contributed by atoms with van der Waals surface area (Å²) in [7, 11) is 0. The highest BCUT2D eigenvalue weighted by molar-refractivity contribution is 5.96. The van der Waals surface area contributed by atoms with Gasteiger partial charge in [0.25, 0.3) is 5.69 Å². The average Bonchev–Trinajstić information content (AvgIpc) is 2.72. The van der Waals surface area contributed by atoms with Crippen molar-refractivity contribution in [1.29, 1.82) is 0 Å². The summed E-state index contributed by atoms with van der Waals surface area (Å²) in [4.78, 5) is 27.1. The van der Waals surface area contributed by atoms with Crippen molar-refractivity contribution in [2.75, 3.05) is 19.6 Å². The SMILES string of the molecule is CC1(C)CN(CC(=O)c2cc([N+](=O)[O-])c[nH]2)CC(C)(C)O1. The topological polar surface area (TPSA) is 88.5 Å². The first-order valence-electron chi connectivity index (χ1n) is 6.87. The second-order valence-electron chi connectivity index (χ2n) is 6.72. The number of ether oxygens (including phenoxy) is 1. The molecule has 1 fully saturated rings. The molecule has 1 aromatic rings. The number of aromatic amines is 1. The van der Waals surface area contributed by atoms with Gasteiger partial charge < -0.3 is 9.72 Å². The molecule has 2 heterocycles. The Bertz CT molecular complexity index is 546. The number of morpholine rings is 1. The van der Waals surface area contributed by atoms with Gasteiger partial charge in [0, 0.05) is 19.2 Å². The molecule has 1 N–H and O–H groups in total. The number of Topliss-reactive ketones (excluding diaryl/α,β-unsaturated/α-hetero) is 1. The zero-order valence-corrected chi connectivity index (χ0v) is 12.8. The lowest BCUT2D eigenvalue weighted by molar-refractivity contribution is -0.384. The van der Waals surface area contributed by atoms with Crippen molar-refractivity contribution < 1.29 is 14.5 Å². The first-order chi connectivity index (χ1) is 9.58. The van der Waals surface area contributed by atoms with Gasteiger partial charge in [0.2, 0.25) is 0 Å². The molecule has 1 saturated heterocycles. The van der Waals surface area contributed by atoms with E-state index in [4.69, 9.17) is 4.74 Å². The van der Waals surface area contributed by atoms with Crippen LogP contribution in [0, 0.1) is 10.1 Å². The molecule has 116 valence electrons. The molecule has 7 nitrogen and oxygen atoms in total. The molecule has 7 heteroatoms. The number of rotatable bonds is 4. The molecular weight excluding hydrogens is 274 g/mol. The van der Waals surface area contributed by atoms with Gasteiger partial charge in [-0.25, -0.2) is 0 Å². The highest BCUT2D eigenvalue weighted by Crippen LogP contribution is 2.28. The fourth-order valence-corrected chi connectivity index (χ4v) is 2.99. The van der Waals surface area contributed by atoms with Crippen LogP contribution < -0.4 is 0 Å². The third-order valence-corrected chi connectivity index (χ3v) is 3.31. The highest BCUT2D eigenvalue weighted by Gasteiger charge is 2.38. The summed E-state index contributed by atoms with van der Waals surface area (Å²) in [5, 5.41) is 10.6. The summed E-state index contributed by atoms with van der Waals surface area (Å²) in [5.41, 5.74) is -0.488. The van der Waals surface area contributed by atoms with Gasteiger partial charge in [-0.2, -0.15) is 0 Å². The fraction of sp³-hybridized carbons (Fsp3) is 0.643. The minimum Gasteiger partial charge on any atom is -0.367 e. The lowest BCUT2D eigenvalue weighted by Crippen LogP contribution is -2.58. The van der Waals surface area contributed by atoms with Gasteiger partial charge in [0.05, 0.1) is 34.6 Å². The molecular formula is C14H21N3O4. The largest absolute Gasteiger partial charge is 0.367 e. The van der Waals surface area contributed by atoms with Crippen LogP contribution >= 0.6 is 0 Å². The maximum atomic E-state index is 12.2. The van der Waals surface area contributed by atoms with E-state index in [2.05, 4.69) is 4.98 Å². The van der Waals surface area contributed by atoms with E-state index in [0.29, 0.717) is 13.1 Å². The molecule has 1 aromatic heterocycles. The van der Waals surface area contributed by atoms with Crippen molar-refractivity contribution >= 4 is 11.5 Å². The number of ketones is 1. The number of nitrogens with zero attached hydrogens (tertiary/aromatic N) is 2. The molecule has 0 atom stereocenters. The van der Waals surface area contributed by atoms with E-state index in [9.17, 15) is 14.9 Å². The van der Waals surface area contributed by atoms with Crippen molar-refractivity contribution in [3.05, 3.63) is 28.1 Å². The van der Waals surface area contributed by atoms with E-state index in [1.54, 1.807) is 0 Å². The van der Waals surface area contributed by atoms with Crippen LogP contribution in [-0.2, 0) is 4.74 Å². The molecule has 0 amide bonds. The molecule has 0 aliphatic carbocycles. The molecule has 1 aliphatic heterocycles. The molecule has 0 bridgehead atoms. The standard InChI is InChI=1S/C14H21N3O4/c1-13(2)8-16(9-14(3,4)21-13)7-12(18)11-5-10(6-15-11)17(19)20/h5-6,15H,7-9H2,1-4H3. The first-order valence-corrected chi connectivity index (χ1v) is 6.87. The van der Waals surface area contributed by atoms with Crippen molar-refractivity contribution in [2.45, 2.75) is 38.9 Å². The van der Waals surface area contributed by atoms with Crippen LogP contribution in [0.15, 0.2) is 12.3 Å². The summed E-state index contributed by atoms with van der Waals surface area (Å²) < 4.78 is 5.96. The second kappa shape index (κ2) is 5.23. The Balaban J connectivity index is 2.06. The van der Waals surface area contributed by atoms with Crippen molar-refractivity contribution in [3.63, 3.8) is 0 Å². The third kappa shape index (κ3) is 3.89. The van der Waals surface area contributed by atoms with E-state index in [1.807, 2.05) is 32.6 Å². The molecule has 0 unspecified atom stereocenters. The molecule has 0 saturated carbocycles. The summed E-state index contributed by atoms with van der Waals surface area (Å²) in [6.07, 6.45) is 1.24. The van der Waals surface area contributed by atoms with E-state index in [0.717, 1.165) is 0 Å². The van der Waals surface area contributed by atoms with Gasteiger partial charge in [-0.15, -0.1) is 0 Å². The summed E-state index contributed by atoms with van der Waals surface area (Å²) in [6.45, 7) is 9.47. The smallest absolute Gasteiger partial charge is 0.287 e. The van der Waals surface area contributed by atoms with Crippen molar-refractivity contribution in [2.24, 2.45) is 0 Å². The minimum atomic E-state index is -0.520. The minimum absolute atomic E-state index is 0.0963. The van der Waals surface area contributed by atoms with Crippen molar-refractivity contribution in [3.8, 4) is 0 Å². The van der Waals surface area contributed by atoms with Crippen LogP contribution in [0.25, 0.3) is 0 Å². The molecule has 0 spiro atoms. The van der Waals surface area contributed by atoms with Crippen LogP contribution in [0.1, 0.15) is 38.2 Å². The Morgan fingerprint density at radius 1 is 1.38 bits per heavy atom. The number of aromatic nitrogens is 1. The van der Waals surface area contributed by atoms with Gasteiger partial charge in [0.15, 0.2) is 5.78 Å². The average molecular weight is 295 g/mol. The van der Waals surface area contributed by atoms with Crippen LogP contribution in [0.4, 0.5) is 5.69 Å². The van der Waals surface area contributed by atoms with Gasteiger partial charge in [0.1, 0.15) is 0 Å². The number of hydrogen-bond acceptors (Lipinski definition) is 5. The summed E-state index contributed by atoms with van der Waals surface area (Å²) in [5.74, 6) is -0.156. The molecule has 0 radical (unpaired) electrons. The number of carbonyl (C=O) groups is 1. The van der Waals surface area contributed by atoms with Gasteiger partial charge in [-0.1, -0.05) is 0 Å². The number of nitro groups is 1. The van der Waals surface area contributed by atoms with Crippen LogP contribution in [0.5, 0.6) is 0 Å². The lowest BCUT2D eigenvalue weighted by Gasteiger charge is -2.46. The van der Waals surface area contributed by atoms with Gasteiger partial charge in [-0.05, 0) is 27.7 Å². The Morgan fingerprint density at radius 2 is 1.95 bits per heavy atom. The summed E-state index contributed by atoms with van der Waals surface area (Å²) in [6, 6.07) is 1.28. The van der Waals surface area contributed by atoms with E-state index in [-0.39, 0.29) is 34.9 Å². The van der Waals surface area contributed by atoms with Gasteiger partial charge >= 0.3 is 0 Å². The molecule has 0 aromatic carbocycles. The predicted molar refractivity (Wildman–Crippen MR) is 77.5 cm³/mol. The quantitative estimate of drug-likeness (QED) is 0.521. The van der Waals surface area contributed by atoms with E-state index < -0.39 is 4.92 Å². The lowest BCUT2D eigenvalue weighted by atomic mass is 9.98. The van der Waals surface area contributed by atoms with Crippen LogP contribution in [0.2, 0.25) is 0 Å². The maximum Gasteiger partial charge on any atom is 0.287 e. The molecule has 1 aliphatic rings. The summed E-state index contributed by atoms with van der Waals surface area (Å²) >= 11 is 0. The third-order valence-electron chi connectivity index (χ3n) is 3.31.